The predicted molar refractivity (Wildman–Crippen MR) is 95.5 cm³/mol. The van der Waals surface area contributed by atoms with Gasteiger partial charge in [-0.25, -0.2) is 9.97 Å². The molecule has 1 aromatic heterocycles. The van der Waals surface area contributed by atoms with Crippen molar-refractivity contribution in [2.75, 3.05) is 18.4 Å². The summed E-state index contributed by atoms with van der Waals surface area (Å²) in [4.78, 5) is 23.2. The Bertz CT molecular complexity index is 819. The molecule has 6 heteroatoms. The third kappa shape index (κ3) is 4.13. The fourth-order valence-corrected chi connectivity index (χ4v) is 2.93. The molecule has 1 aliphatic rings. The van der Waals surface area contributed by atoms with E-state index in [0.717, 1.165) is 31.6 Å². The molecule has 1 N–H and O–H groups in total. The maximum Gasteiger partial charge on any atom is 0.272 e. The molecule has 6 nitrogen and oxygen atoms in total. The number of nitrogens with one attached hydrogen (secondary N) is 1. The van der Waals surface area contributed by atoms with Crippen molar-refractivity contribution in [3.05, 3.63) is 47.4 Å². The third-order valence-electron chi connectivity index (χ3n) is 4.39. The molecule has 0 atom stereocenters. The molecular weight excluding hydrogens is 314 g/mol. The van der Waals surface area contributed by atoms with Crippen LogP contribution in [0.5, 0.6) is 0 Å². The van der Waals surface area contributed by atoms with Crippen LogP contribution in [0.3, 0.4) is 0 Å². The maximum atomic E-state index is 12.7. The van der Waals surface area contributed by atoms with Crippen LogP contribution < -0.4 is 5.32 Å². The van der Waals surface area contributed by atoms with Crippen molar-refractivity contribution in [3.63, 3.8) is 0 Å². The first kappa shape index (κ1) is 16.9. The van der Waals surface area contributed by atoms with E-state index in [1.165, 1.54) is 0 Å². The van der Waals surface area contributed by atoms with E-state index in [-0.39, 0.29) is 5.91 Å². The number of carbonyl (C=O) groups excluding carboxylic acids is 1. The van der Waals surface area contributed by atoms with Gasteiger partial charge in [-0.2, -0.15) is 5.26 Å². The lowest BCUT2D eigenvalue weighted by atomic mass is 9.99. The molecule has 2 heterocycles. The van der Waals surface area contributed by atoms with Crippen LogP contribution in [0.1, 0.15) is 41.6 Å². The Labute approximate surface area is 147 Å². The van der Waals surface area contributed by atoms with E-state index in [2.05, 4.69) is 28.3 Å². The van der Waals surface area contributed by atoms with Crippen LogP contribution in [-0.2, 0) is 0 Å². The summed E-state index contributed by atoms with van der Waals surface area (Å²) in [5.74, 6) is 1.71. The number of piperidine rings is 1. The minimum atomic E-state index is -0.0498. The molecule has 0 bridgehead atoms. The van der Waals surface area contributed by atoms with E-state index in [1.807, 2.05) is 11.0 Å². The van der Waals surface area contributed by atoms with Crippen LogP contribution in [0, 0.1) is 24.2 Å². The van der Waals surface area contributed by atoms with Gasteiger partial charge in [0.05, 0.1) is 11.6 Å². The Morgan fingerprint density at radius 2 is 2.04 bits per heavy atom. The number of nitrogens with zero attached hydrogens (tertiary/aromatic N) is 4. The molecule has 25 heavy (non-hydrogen) atoms. The highest BCUT2D eigenvalue weighted by Crippen LogP contribution is 2.20. The predicted octanol–water partition coefficient (Wildman–Crippen LogP) is 3.27. The zero-order chi connectivity index (χ0) is 17.8. The first-order valence-electron chi connectivity index (χ1n) is 8.47. The lowest BCUT2D eigenvalue weighted by Crippen LogP contribution is -2.38. The van der Waals surface area contributed by atoms with Crippen molar-refractivity contribution in [2.24, 2.45) is 5.92 Å². The molecule has 3 rings (SSSR count). The number of amides is 1. The Morgan fingerprint density at radius 1 is 1.28 bits per heavy atom. The van der Waals surface area contributed by atoms with Crippen LogP contribution in [0.4, 0.5) is 11.5 Å². The molecule has 0 unspecified atom stereocenters. The van der Waals surface area contributed by atoms with E-state index in [1.54, 1.807) is 31.2 Å². The molecule has 128 valence electrons. The number of carbonyl (C=O) groups is 1. The highest BCUT2D eigenvalue weighted by molar-refractivity contribution is 5.93. The fraction of sp³-hybridized carbons (Fsp3) is 0.368. The number of hydrogen-bond acceptors (Lipinski definition) is 5. The number of nitriles is 1. The van der Waals surface area contributed by atoms with Crippen molar-refractivity contribution < 1.29 is 4.79 Å². The number of likely N-dealkylation sites (tertiary alicyclic amines) is 1. The van der Waals surface area contributed by atoms with Crippen molar-refractivity contribution in [1.82, 2.24) is 14.9 Å². The molecule has 1 saturated heterocycles. The van der Waals surface area contributed by atoms with E-state index >= 15 is 0 Å². The summed E-state index contributed by atoms with van der Waals surface area (Å²) >= 11 is 0. The molecule has 0 radical (unpaired) electrons. The third-order valence-corrected chi connectivity index (χ3v) is 4.39. The molecule has 2 aromatic rings. The van der Waals surface area contributed by atoms with E-state index in [4.69, 9.17) is 5.26 Å². The zero-order valence-electron chi connectivity index (χ0n) is 14.5. The Morgan fingerprint density at radius 3 is 2.76 bits per heavy atom. The SMILES string of the molecule is Cc1nc(Nc2cccc(C#N)c2)cc(C(=O)N2CCC(C)CC2)n1. The first-order valence-corrected chi connectivity index (χ1v) is 8.47. The van der Waals surface area contributed by atoms with Gasteiger partial charge < -0.3 is 10.2 Å². The minimum absolute atomic E-state index is 0.0498. The summed E-state index contributed by atoms with van der Waals surface area (Å²) in [5.41, 5.74) is 1.72. The average molecular weight is 335 g/mol. The number of aryl methyl sites for hydroxylation is 1. The Hall–Kier alpha value is -2.94. The van der Waals surface area contributed by atoms with Gasteiger partial charge in [-0.05, 0) is 43.9 Å². The standard InChI is InChI=1S/C19H21N5O/c1-13-6-8-24(9-7-13)19(25)17-11-18(22-14(2)21-17)23-16-5-3-4-15(10-16)12-20/h3-5,10-11,13H,6-9H2,1-2H3,(H,21,22,23). The van der Waals surface area contributed by atoms with Crippen LogP contribution in [0.15, 0.2) is 30.3 Å². The molecule has 1 aromatic carbocycles. The molecule has 0 saturated carbocycles. The molecule has 1 fully saturated rings. The van der Waals surface area contributed by atoms with Gasteiger partial charge in [0.25, 0.3) is 5.91 Å². The molecule has 0 aliphatic carbocycles. The van der Waals surface area contributed by atoms with Gasteiger partial charge >= 0.3 is 0 Å². The second-order valence-corrected chi connectivity index (χ2v) is 6.48. The van der Waals surface area contributed by atoms with Crippen molar-refractivity contribution >= 4 is 17.4 Å². The van der Waals surface area contributed by atoms with Crippen molar-refractivity contribution in [2.45, 2.75) is 26.7 Å². The Balaban J connectivity index is 1.80. The molecule has 1 amide bonds. The van der Waals surface area contributed by atoms with Gasteiger partial charge in [0.1, 0.15) is 17.3 Å². The summed E-state index contributed by atoms with van der Waals surface area (Å²) in [7, 11) is 0. The van der Waals surface area contributed by atoms with Crippen LogP contribution >= 0.6 is 0 Å². The van der Waals surface area contributed by atoms with E-state index in [9.17, 15) is 4.79 Å². The second-order valence-electron chi connectivity index (χ2n) is 6.48. The number of aromatic nitrogens is 2. The molecule has 0 spiro atoms. The van der Waals surface area contributed by atoms with Crippen LogP contribution in [-0.4, -0.2) is 33.9 Å². The van der Waals surface area contributed by atoms with Gasteiger partial charge in [-0.15, -0.1) is 0 Å². The summed E-state index contributed by atoms with van der Waals surface area (Å²) in [6.45, 7) is 5.53. The van der Waals surface area contributed by atoms with Gasteiger partial charge in [0.15, 0.2) is 0 Å². The zero-order valence-corrected chi connectivity index (χ0v) is 14.5. The van der Waals surface area contributed by atoms with Gasteiger partial charge in [0, 0.05) is 24.8 Å². The summed E-state index contributed by atoms with van der Waals surface area (Å²) in [5, 5.41) is 12.2. The van der Waals surface area contributed by atoms with Crippen LogP contribution in [0.25, 0.3) is 0 Å². The van der Waals surface area contributed by atoms with Gasteiger partial charge in [-0.1, -0.05) is 13.0 Å². The van der Waals surface area contributed by atoms with E-state index < -0.39 is 0 Å². The topological polar surface area (TPSA) is 81.9 Å². The molecular formula is C19H21N5O. The average Bonchev–Trinajstić information content (AvgIpc) is 2.61. The van der Waals surface area contributed by atoms with Gasteiger partial charge in [0.2, 0.25) is 0 Å². The first-order chi connectivity index (χ1) is 12.0. The monoisotopic (exact) mass is 335 g/mol. The summed E-state index contributed by atoms with van der Waals surface area (Å²) in [6.07, 6.45) is 2.06. The smallest absolute Gasteiger partial charge is 0.272 e. The lowest BCUT2D eigenvalue weighted by Gasteiger charge is -2.30. The number of anilines is 2. The van der Waals surface area contributed by atoms with Crippen molar-refractivity contribution in [1.29, 1.82) is 5.26 Å². The molecule has 1 aliphatic heterocycles. The van der Waals surface area contributed by atoms with E-state index in [0.29, 0.717) is 28.8 Å². The van der Waals surface area contributed by atoms with Gasteiger partial charge in [-0.3, -0.25) is 4.79 Å². The number of hydrogen-bond donors (Lipinski definition) is 1. The lowest BCUT2D eigenvalue weighted by molar-refractivity contribution is 0.0691. The minimum Gasteiger partial charge on any atom is -0.340 e. The summed E-state index contributed by atoms with van der Waals surface area (Å²) in [6, 6.07) is 10.9. The fourth-order valence-electron chi connectivity index (χ4n) is 2.93. The number of rotatable bonds is 3. The van der Waals surface area contributed by atoms with Crippen LogP contribution in [0.2, 0.25) is 0 Å². The highest BCUT2D eigenvalue weighted by Gasteiger charge is 2.23. The normalized spacial score (nSPS) is 14.8. The Kier molecular flexibility index (Phi) is 4.94. The number of benzene rings is 1. The quantitative estimate of drug-likeness (QED) is 0.931. The summed E-state index contributed by atoms with van der Waals surface area (Å²) < 4.78 is 0. The van der Waals surface area contributed by atoms with Crippen molar-refractivity contribution in [3.8, 4) is 6.07 Å². The second kappa shape index (κ2) is 7.31. The maximum absolute atomic E-state index is 12.7. The highest BCUT2D eigenvalue weighted by atomic mass is 16.2. The largest absolute Gasteiger partial charge is 0.340 e.